The van der Waals surface area contributed by atoms with Crippen molar-refractivity contribution in [3.63, 3.8) is 0 Å². The van der Waals surface area contributed by atoms with Crippen molar-refractivity contribution in [1.29, 1.82) is 0 Å². The molecule has 0 aliphatic heterocycles. The number of hydrogen-bond acceptors (Lipinski definition) is 1. The number of aliphatic carboxylic acids is 1. The highest BCUT2D eigenvalue weighted by atomic mass is 31.1. The van der Waals surface area contributed by atoms with Gasteiger partial charge in [-0.2, -0.15) is 0 Å². The monoisotopic (exact) mass is 410 g/mol. The maximum absolute atomic E-state index is 12.3. The second-order valence-corrected chi connectivity index (χ2v) is 9.57. The average molecular weight is 410 g/mol. The van der Waals surface area contributed by atoms with Gasteiger partial charge >= 0.3 is 5.97 Å². The van der Waals surface area contributed by atoms with E-state index in [1.54, 1.807) is 6.92 Å². The summed E-state index contributed by atoms with van der Waals surface area (Å²) in [5.74, 6) is -0.852. The Morgan fingerprint density at radius 3 is 1.40 bits per heavy atom. The smallest absolute Gasteiger partial charge is 0.318 e. The Morgan fingerprint density at radius 1 is 0.600 bits per heavy atom. The molecule has 0 amide bonds. The van der Waals surface area contributed by atoms with Gasteiger partial charge in [0, 0.05) is 0 Å². The quantitative estimate of drug-likeness (QED) is 0.462. The zero-order chi connectivity index (χ0) is 21.0. The summed E-state index contributed by atoms with van der Waals surface area (Å²) in [5.41, 5.74) is 0.460. The average Bonchev–Trinajstić information content (AvgIpc) is 2.81. The van der Waals surface area contributed by atoms with Gasteiger partial charge in [-0.05, 0) is 41.9 Å². The molecule has 0 saturated carbocycles. The Balaban J connectivity index is 1.78. The Morgan fingerprint density at radius 2 is 0.967 bits per heavy atom. The maximum Gasteiger partial charge on any atom is 0.318 e. The Kier molecular flexibility index (Phi) is 5.79. The number of benzene rings is 4. The zero-order valence-corrected chi connectivity index (χ0v) is 17.7. The highest BCUT2D eigenvalue weighted by molar-refractivity contribution is 7.79. The number of carboxylic acids is 1. The van der Waals surface area contributed by atoms with Crippen molar-refractivity contribution < 1.29 is 9.90 Å². The molecule has 0 aliphatic carbocycles. The van der Waals surface area contributed by atoms with E-state index in [1.165, 1.54) is 15.9 Å². The molecular formula is C27H23O2P. The van der Waals surface area contributed by atoms with Crippen LogP contribution in [0.4, 0.5) is 0 Å². The van der Waals surface area contributed by atoms with Gasteiger partial charge in [0.15, 0.2) is 0 Å². The molecule has 1 atom stereocenters. The van der Waals surface area contributed by atoms with Crippen molar-refractivity contribution in [2.45, 2.75) is 12.3 Å². The first-order valence-electron chi connectivity index (χ1n) is 9.90. The van der Waals surface area contributed by atoms with E-state index in [1.807, 2.05) is 54.6 Å². The Hall–Kier alpha value is -3.22. The van der Waals surface area contributed by atoms with Gasteiger partial charge in [-0.1, -0.05) is 115 Å². The van der Waals surface area contributed by atoms with E-state index in [-0.39, 0.29) is 0 Å². The lowest BCUT2D eigenvalue weighted by atomic mass is 9.76. The molecule has 1 unspecified atom stereocenters. The van der Waals surface area contributed by atoms with Crippen molar-refractivity contribution in [2.75, 3.05) is 0 Å². The first kappa shape index (κ1) is 20.1. The molecule has 4 aromatic carbocycles. The molecule has 0 aromatic heterocycles. The molecule has 1 N–H and O–H groups in total. The summed E-state index contributed by atoms with van der Waals surface area (Å²) in [5, 5.41) is 13.8. The summed E-state index contributed by atoms with van der Waals surface area (Å²) in [6.07, 6.45) is 0. The van der Waals surface area contributed by atoms with Crippen LogP contribution in [0.2, 0.25) is 0 Å². The SMILES string of the molecule is CC(C(=O)O)(c1ccccc1)c1ccc(P(c2ccccc2)c2ccccc2)cc1. The van der Waals surface area contributed by atoms with E-state index in [2.05, 4.69) is 60.7 Å². The lowest BCUT2D eigenvalue weighted by Gasteiger charge is -2.27. The predicted molar refractivity (Wildman–Crippen MR) is 126 cm³/mol. The lowest BCUT2D eigenvalue weighted by Crippen LogP contribution is -2.34. The van der Waals surface area contributed by atoms with Crippen LogP contribution >= 0.6 is 7.92 Å². The van der Waals surface area contributed by atoms with Crippen LogP contribution in [0.3, 0.4) is 0 Å². The topological polar surface area (TPSA) is 37.3 Å². The first-order chi connectivity index (χ1) is 14.6. The third-order valence-electron chi connectivity index (χ3n) is 5.51. The van der Waals surface area contributed by atoms with Gasteiger partial charge in [0.05, 0.1) is 0 Å². The molecular weight excluding hydrogens is 387 g/mol. The van der Waals surface area contributed by atoms with E-state index in [4.69, 9.17) is 0 Å². The second kappa shape index (κ2) is 8.65. The fourth-order valence-electron chi connectivity index (χ4n) is 3.73. The second-order valence-electron chi connectivity index (χ2n) is 7.35. The van der Waals surface area contributed by atoms with Crippen molar-refractivity contribution in [1.82, 2.24) is 0 Å². The van der Waals surface area contributed by atoms with E-state index in [9.17, 15) is 9.90 Å². The summed E-state index contributed by atoms with van der Waals surface area (Å²) >= 11 is 0. The third-order valence-corrected chi connectivity index (χ3v) is 7.95. The van der Waals surface area contributed by atoms with Gasteiger partial charge in [0.1, 0.15) is 5.41 Å². The number of rotatable bonds is 6. The van der Waals surface area contributed by atoms with Gasteiger partial charge < -0.3 is 5.11 Å². The van der Waals surface area contributed by atoms with Gasteiger partial charge in [0.2, 0.25) is 0 Å². The number of hydrogen-bond donors (Lipinski definition) is 1. The minimum atomic E-state index is -1.10. The molecule has 30 heavy (non-hydrogen) atoms. The Labute approximate surface area is 178 Å². The normalized spacial score (nSPS) is 13.0. The number of carboxylic acid groups (broad SMARTS) is 1. The van der Waals surface area contributed by atoms with Crippen LogP contribution in [0.5, 0.6) is 0 Å². The fraction of sp³-hybridized carbons (Fsp3) is 0.0741. The molecule has 148 valence electrons. The molecule has 4 rings (SSSR count). The van der Waals surface area contributed by atoms with Crippen molar-refractivity contribution in [3.8, 4) is 0 Å². The highest BCUT2D eigenvalue weighted by Crippen LogP contribution is 2.36. The fourth-order valence-corrected chi connectivity index (χ4v) is 6.01. The van der Waals surface area contributed by atoms with Crippen molar-refractivity contribution in [3.05, 3.63) is 126 Å². The zero-order valence-electron chi connectivity index (χ0n) is 16.8. The largest absolute Gasteiger partial charge is 0.480 e. The first-order valence-corrected chi connectivity index (χ1v) is 11.2. The summed E-state index contributed by atoms with van der Waals surface area (Å²) < 4.78 is 0. The van der Waals surface area contributed by atoms with Crippen LogP contribution < -0.4 is 15.9 Å². The van der Waals surface area contributed by atoms with Crippen LogP contribution in [-0.4, -0.2) is 11.1 Å². The lowest BCUT2D eigenvalue weighted by molar-refractivity contribution is -0.141. The van der Waals surface area contributed by atoms with E-state index in [0.29, 0.717) is 0 Å². The molecule has 0 bridgehead atoms. The van der Waals surface area contributed by atoms with Gasteiger partial charge in [-0.25, -0.2) is 0 Å². The molecule has 0 saturated heterocycles. The van der Waals surface area contributed by atoms with Crippen LogP contribution in [-0.2, 0) is 10.2 Å². The summed E-state index contributed by atoms with van der Waals surface area (Å²) in [7, 11) is -0.711. The van der Waals surface area contributed by atoms with Crippen molar-refractivity contribution in [2.24, 2.45) is 0 Å². The van der Waals surface area contributed by atoms with Gasteiger partial charge in [0.25, 0.3) is 0 Å². The highest BCUT2D eigenvalue weighted by Gasteiger charge is 2.37. The molecule has 3 heteroatoms. The summed E-state index contributed by atoms with van der Waals surface area (Å²) in [4.78, 5) is 12.3. The summed E-state index contributed by atoms with van der Waals surface area (Å²) in [6.45, 7) is 1.77. The predicted octanol–water partition coefficient (Wildman–Crippen LogP) is 4.84. The molecule has 4 aromatic rings. The third kappa shape index (κ3) is 3.79. The van der Waals surface area contributed by atoms with Crippen LogP contribution in [0.1, 0.15) is 18.1 Å². The molecule has 0 heterocycles. The molecule has 0 aliphatic rings. The molecule has 2 nitrogen and oxygen atoms in total. The van der Waals surface area contributed by atoms with Gasteiger partial charge in [-0.15, -0.1) is 0 Å². The summed E-state index contributed by atoms with van der Waals surface area (Å²) in [6, 6.07) is 38.5. The number of carbonyl (C=O) groups is 1. The van der Waals surface area contributed by atoms with E-state index >= 15 is 0 Å². The van der Waals surface area contributed by atoms with E-state index < -0.39 is 19.3 Å². The molecule has 0 fully saturated rings. The standard InChI is InChI=1S/C27H23O2P/c1-27(26(28)29,21-11-5-2-6-12-21)22-17-19-25(20-18-22)30(23-13-7-3-8-14-23)24-15-9-4-10-16-24/h2-20H,1H3,(H,28,29). The van der Waals surface area contributed by atoms with Crippen molar-refractivity contribution >= 4 is 29.8 Å². The minimum absolute atomic E-state index is 0.711. The van der Waals surface area contributed by atoms with E-state index in [0.717, 1.165) is 11.1 Å². The van der Waals surface area contributed by atoms with Crippen LogP contribution in [0, 0.1) is 0 Å². The molecule has 0 radical (unpaired) electrons. The maximum atomic E-state index is 12.3. The van der Waals surface area contributed by atoms with Gasteiger partial charge in [-0.3, -0.25) is 4.79 Å². The van der Waals surface area contributed by atoms with Crippen LogP contribution in [0.15, 0.2) is 115 Å². The molecule has 0 spiro atoms. The Bertz CT molecular complexity index is 1070. The minimum Gasteiger partial charge on any atom is -0.480 e. The van der Waals surface area contributed by atoms with Crippen LogP contribution in [0.25, 0.3) is 0 Å².